The number of carbonyl (C=O) groups is 1. The molecule has 1 aliphatic rings. The highest BCUT2D eigenvalue weighted by molar-refractivity contribution is 7.89. The number of benzene rings is 1. The van der Waals surface area contributed by atoms with Crippen LogP contribution in [-0.4, -0.2) is 44.1 Å². The number of primary amides is 1. The molecule has 1 heterocycles. The predicted octanol–water partition coefficient (Wildman–Crippen LogP) is 1.18. The molecular formula is C15H21FN2O4S. The van der Waals surface area contributed by atoms with Gasteiger partial charge < -0.3 is 10.5 Å². The Labute approximate surface area is 135 Å². The molecule has 1 amide bonds. The lowest BCUT2D eigenvalue weighted by molar-refractivity contribution is -0.121. The van der Waals surface area contributed by atoms with Gasteiger partial charge in [0, 0.05) is 13.7 Å². The highest BCUT2D eigenvalue weighted by Gasteiger charge is 2.34. The fraction of sp³-hybridized carbons (Fsp3) is 0.533. The Morgan fingerprint density at radius 3 is 2.78 bits per heavy atom. The summed E-state index contributed by atoms with van der Waals surface area (Å²) in [5.41, 5.74) is 5.55. The van der Waals surface area contributed by atoms with Crippen molar-refractivity contribution in [3.63, 3.8) is 0 Å². The molecule has 0 aliphatic carbocycles. The first kappa shape index (κ1) is 17.8. The number of hydrogen-bond acceptors (Lipinski definition) is 4. The summed E-state index contributed by atoms with van der Waals surface area (Å²) in [6.07, 6.45) is 2.10. The lowest BCUT2D eigenvalue weighted by Crippen LogP contribution is -2.43. The molecule has 0 aromatic heterocycles. The van der Waals surface area contributed by atoms with E-state index in [-0.39, 0.29) is 11.3 Å². The van der Waals surface area contributed by atoms with E-state index in [9.17, 15) is 17.6 Å². The quantitative estimate of drug-likeness (QED) is 0.839. The van der Waals surface area contributed by atoms with Gasteiger partial charge in [-0.3, -0.25) is 4.79 Å². The van der Waals surface area contributed by atoms with E-state index in [0.29, 0.717) is 13.0 Å². The third-order valence-corrected chi connectivity index (χ3v) is 5.79. The third-order valence-electron chi connectivity index (χ3n) is 3.91. The van der Waals surface area contributed by atoms with Gasteiger partial charge in [0.2, 0.25) is 15.9 Å². The number of nitrogens with zero attached hydrogens (tertiary/aromatic N) is 1. The van der Waals surface area contributed by atoms with Crippen molar-refractivity contribution in [2.24, 2.45) is 5.73 Å². The topological polar surface area (TPSA) is 89.7 Å². The average molecular weight is 344 g/mol. The molecule has 0 spiro atoms. The van der Waals surface area contributed by atoms with E-state index in [1.54, 1.807) is 0 Å². The number of rotatable bonds is 6. The zero-order valence-electron chi connectivity index (χ0n) is 12.9. The van der Waals surface area contributed by atoms with Gasteiger partial charge in [0.25, 0.3) is 0 Å². The highest BCUT2D eigenvalue weighted by atomic mass is 32.2. The van der Waals surface area contributed by atoms with Crippen LogP contribution in [0.3, 0.4) is 0 Å². The standard InChI is InChI=1S/C15H21FN2O4S/c1-18(23(20,21)10-13-7-2-3-8-22-13)14(15(17)19)11-5-4-6-12(16)9-11/h4-6,9,13-14H,2-3,7-8,10H2,1H3,(H2,17,19)/t13-,14-/m1/s1. The van der Waals surface area contributed by atoms with Crippen molar-refractivity contribution in [1.82, 2.24) is 4.31 Å². The molecule has 0 unspecified atom stereocenters. The summed E-state index contributed by atoms with van der Waals surface area (Å²) in [6.45, 7) is 0.535. The Morgan fingerprint density at radius 2 is 2.22 bits per heavy atom. The monoisotopic (exact) mass is 344 g/mol. The van der Waals surface area contributed by atoms with Crippen molar-refractivity contribution in [3.8, 4) is 0 Å². The van der Waals surface area contributed by atoms with Crippen LogP contribution in [0.4, 0.5) is 4.39 Å². The van der Waals surface area contributed by atoms with Crippen LogP contribution in [0.1, 0.15) is 30.9 Å². The zero-order chi connectivity index (χ0) is 17.0. The number of likely N-dealkylation sites (N-methyl/N-ethyl adjacent to an activating group) is 1. The maximum atomic E-state index is 13.4. The van der Waals surface area contributed by atoms with E-state index in [1.807, 2.05) is 0 Å². The summed E-state index contributed by atoms with van der Waals surface area (Å²) >= 11 is 0. The van der Waals surface area contributed by atoms with Crippen LogP contribution in [-0.2, 0) is 19.6 Å². The summed E-state index contributed by atoms with van der Waals surface area (Å²) < 4.78 is 44.8. The van der Waals surface area contributed by atoms with Gasteiger partial charge >= 0.3 is 0 Å². The lowest BCUT2D eigenvalue weighted by Gasteiger charge is -2.29. The van der Waals surface area contributed by atoms with Crippen molar-refractivity contribution in [3.05, 3.63) is 35.6 Å². The van der Waals surface area contributed by atoms with Crippen molar-refractivity contribution in [2.75, 3.05) is 19.4 Å². The Morgan fingerprint density at radius 1 is 1.48 bits per heavy atom. The van der Waals surface area contributed by atoms with Crippen molar-refractivity contribution >= 4 is 15.9 Å². The molecule has 2 rings (SSSR count). The molecule has 1 fully saturated rings. The Hall–Kier alpha value is -1.51. The van der Waals surface area contributed by atoms with Gasteiger partial charge in [-0.2, -0.15) is 4.31 Å². The molecule has 2 atom stereocenters. The van der Waals surface area contributed by atoms with Crippen LogP contribution >= 0.6 is 0 Å². The minimum atomic E-state index is -3.78. The molecule has 1 aromatic carbocycles. The highest BCUT2D eigenvalue weighted by Crippen LogP contribution is 2.24. The minimum Gasteiger partial charge on any atom is -0.377 e. The molecule has 0 radical (unpaired) electrons. The normalized spacial score (nSPS) is 20.4. The van der Waals surface area contributed by atoms with Crippen LogP contribution in [0.2, 0.25) is 0 Å². The summed E-state index contributed by atoms with van der Waals surface area (Å²) in [7, 11) is -2.50. The maximum absolute atomic E-state index is 13.4. The Bertz CT molecular complexity index is 659. The number of amides is 1. The van der Waals surface area contributed by atoms with Crippen molar-refractivity contribution in [1.29, 1.82) is 0 Å². The first-order chi connectivity index (χ1) is 10.8. The molecule has 23 heavy (non-hydrogen) atoms. The molecule has 2 N–H and O–H groups in total. The van der Waals surface area contributed by atoms with Crippen LogP contribution in [0.5, 0.6) is 0 Å². The molecule has 6 nitrogen and oxygen atoms in total. The molecule has 8 heteroatoms. The Balaban J connectivity index is 2.22. The summed E-state index contributed by atoms with van der Waals surface area (Å²) in [5.74, 6) is -1.64. The second kappa shape index (κ2) is 7.37. The molecule has 128 valence electrons. The molecule has 1 saturated heterocycles. The number of hydrogen-bond donors (Lipinski definition) is 1. The van der Waals surface area contributed by atoms with Crippen LogP contribution in [0.25, 0.3) is 0 Å². The number of ether oxygens (including phenoxy) is 1. The Kier molecular flexibility index (Phi) is 5.72. The van der Waals surface area contributed by atoms with Gasteiger partial charge in [-0.05, 0) is 37.0 Å². The molecular weight excluding hydrogens is 323 g/mol. The third kappa shape index (κ3) is 4.49. The number of carbonyl (C=O) groups excluding carboxylic acids is 1. The second-order valence-corrected chi connectivity index (χ2v) is 7.72. The zero-order valence-corrected chi connectivity index (χ0v) is 13.8. The maximum Gasteiger partial charge on any atom is 0.240 e. The van der Waals surface area contributed by atoms with Crippen LogP contribution in [0.15, 0.2) is 24.3 Å². The van der Waals surface area contributed by atoms with Gasteiger partial charge in [-0.1, -0.05) is 12.1 Å². The van der Waals surface area contributed by atoms with Crippen LogP contribution in [0, 0.1) is 5.82 Å². The smallest absolute Gasteiger partial charge is 0.240 e. The molecule has 1 aromatic rings. The van der Waals surface area contributed by atoms with Gasteiger partial charge in [-0.15, -0.1) is 0 Å². The average Bonchev–Trinajstić information content (AvgIpc) is 2.47. The van der Waals surface area contributed by atoms with E-state index >= 15 is 0 Å². The molecule has 0 bridgehead atoms. The fourth-order valence-corrected chi connectivity index (χ4v) is 4.20. The minimum absolute atomic E-state index is 0.202. The summed E-state index contributed by atoms with van der Waals surface area (Å²) in [6, 6.07) is 3.96. The van der Waals surface area contributed by atoms with Gasteiger partial charge in [0.05, 0.1) is 11.9 Å². The van der Waals surface area contributed by atoms with Crippen molar-refractivity contribution in [2.45, 2.75) is 31.4 Å². The van der Waals surface area contributed by atoms with E-state index in [4.69, 9.17) is 10.5 Å². The summed E-state index contributed by atoms with van der Waals surface area (Å²) in [5, 5.41) is 0. The van der Waals surface area contributed by atoms with E-state index in [2.05, 4.69) is 0 Å². The second-order valence-electron chi connectivity index (χ2n) is 5.64. The SMILES string of the molecule is CN([C@@H](C(N)=O)c1cccc(F)c1)S(=O)(=O)C[C@H]1CCCCO1. The first-order valence-corrected chi connectivity index (χ1v) is 9.04. The van der Waals surface area contributed by atoms with Gasteiger partial charge in [-0.25, -0.2) is 12.8 Å². The predicted molar refractivity (Wildman–Crippen MR) is 83.5 cm³/mol. The van der Waals surface area contributed by atoms with Gasteiger partial charge in [0.15, 0.2) is 0 Å². The van der Waals surface area contributed by atoms with E-state index in [1.165, 1.54) is 25.2 Å². The summed E-state index contributed by atoms with van der Waals surface area (Å²) in [4.78, 5) is 11.8. The number of sulfonamides is 1. The fourth-order valence-electron chi connectivity index (χ4n) is 2.68. The van der Waals surface area contributed by atoms with E-state index < -0.39 is 33.9 Å². The van der Waals surface area contributed by atoms with Crippen LogP contribution < -0.4 is 5.73 Å². The van der Waals surface area contributed by atoms with Crippen molar-refractivity contribution < 1.29 is 22.3 Å². The number of nitrogens with two attached hydrogens (primary N) is 1. The molecule has 1 aliphatic heterocycles. The lowest BCUT2D eigenvalue weighted by atomic mass is 10.1. The van der Waals surface area contributed by atoms with Gasteiger partial charge in [0.1, 0.15) is 11.9 Å². The van der Waals surface area contributed by atoms with E-state index in [0.717, 1.165) is 23.2 Å². The number of halogens is 1. The molecule has 0 saturated carbocycles. The largest absolute Gasteiger partial charge is 0.377 e. The first-order valence-electron chi connectivity index (χ1n) is 7.43.